The van der Waals surface area contributed by atoms with E-state index in [1.807, 2.05) is 5.32 Å². The molecule has 0 fully saturated rings. The summed E-state index contributed by atoms with van der Waals surface area (Å²) in [4.78, 5) is 166. The van der Waals surface area contributed by atoms with Crippen molar-refractivity contribution >= 4 is 77.3 Å². The zero-order chi connectivity index (χ0) is 69.7. The van der Waals surface area contributed by atoms with Gasteiger partial charge < -0.3 is 105 Å². The zero-order valence-corrected chi connectivity index (χ0v) is 53.1. The molecule has 2 aromatic rings. The maximum absolute atomic E-state index is 14.8. The number of primary amides is 1. The fourth-order valence-electron chi connectivity index (χ4n) is 8.52. The maximum Gasteiger partial charge on any atom is 0.408 e. The second-order valence-corrected chi connectivity index (χ2v) is 23.3. The monoisotopic (exact) mass is 1300 g/mol. The molecule has 21 N–H and O–H groups in total. The molecule has 0 saturated heterocycles. The molecule has 2 unspecified atom stereocenters. The van der Waals surface area contributed by atoms with Crippen LogP contribution in [0.2, 0.25) is 0 Å². The summed E-state index contributed by atoms with van der Waals surface area (Å²) in [6.07, 6.45) is -5.39. The number of hydrogen-bond donors (Lipinski definition) is 19. The molecule has 0 spiro atoms. The number of aromatic nitrogens is 1. The van der Waals surface area contributed by atoms with E-state index in [9.17, 15) is 83.1 Å². The lowest BCUT2D eigenvalue weighted by molar-refractivity contribution is -0.145. The molecule has 92 heavy (non-hydrogen) atoms. The van der Waals surface area contributed by atoms with Gasteiger partial charge in [0.2, 0.25) is 53.2 Å². The number of carboxylic acid groups (broad SMARTS) is 1. The van der Waals surface area contributed by atoms with Gasteiger partial charge >= 0.3 is 18.2 Å². The lowest BCUT2D eigenvalue weighted by Gasteiger charge is -2.33. The smallest absolute Gasteiger partial charge is 0.408 e. The normalized spacial score (nSPS) is 15.5. The molecule has 0 aliphatic heterocycles. The van der Waals surface area contributed by atoms with Gasteiger partial charge in [-0.05, 0) is 81.9 Å². The predicted molar refractivity (Wildman–Crippen MR) is 327 cm³/mol. The fraction of sp³-hybridized carbons (Fsp3) is 0.586. The zero-order valence-electron chi connectivity index (χ0n) is 53.1. The highest BCUT2D eigenvalue weighted by molar-refractivity contribution is 5.99. The first kappa shape index (κ1) is 78.8. The molecule has 2 rings (SSSR count). The van der Waals surface area contributed by atoms with Gasteiger partial charge in [0.1, 0.15) is 60.5 Å². The first-order valence-corrected chi connectivity index (χ1v) is 29.5. The number of aliphatic hydroxyl groups excluding tert-OH is 4. The fourth-order valence-corrected chi connectivity index (χ4v) is 8.52. The number of nitrogens with two attached hydrogens (primary N) is 2. The predicted octanol–water partition coefficient (Wildman–Crippen LogP) is -3.87. The van der Waals surface area contributed by atoms with Crippen LogP contribution in [0, 0.1) is 23.2 Å². The summed E-state index contributed by atoms with van der Waals surface area (Å²) in [6, 6.07) is -4.36. The SMILES string of the molecule is CC[C@H](C)[C@H](NC(=O)[C@@H](CCCNC(=N)N)NC(=O)[C@H](CC(C)C)NC(=O)C(NC(=O)[C@@H](NC(=O)OCc1ccccc1)[C@H](NC(=O)OC(C)(C)C)c1cccnc1)[C@H](O)C(C)C)C(=O)N[C@H](C(=O)NCC(=O)NC(C(=O)N[C@@H](CO)C(=O)O)[C@H](O)C(N)=O)[C@H](C)O. The van der Waals surface area contributed by atoms with E-state index in [-0.39, 0.29) is 50.3 Å². The highest BCUT2D eigenvalue weighted by Gasteiger charge is 2.42. The average molecular weight is 1300 g/mol. The summed E-state index contributed by atoms with van der Waals surface area (Å²) < 4.78 is 11.0. The number of aliphatic carboxylic acids is 1. The average Bonchev–Trinajstić information content (AvgIpc) is 0.881. The van der Waals surface area contributed by atoms with Crippen LogP contribution in [0.15, 0.2) is 54.9 Å². The third kappa shape index (κ3) is 27.4. The Morgan fingerprint density at radius 1 is 0.630 bits per heavy atom. The van der Waals surface area contributed by atoms with Gasteiger partial charge in [-0.2, -0.15) is 0 Å². The number of carboxylic acids is 1. The van der Waals surface area contributed by atoms with Crippen molar-refractivity contribution < 1.29 is 92.5 Å². The largest absolute Gasteiger partial charge is 0.480 e. The number of ether oxygens (including phenoxy) is 2. The Morgan fingerprint density at radius 2 is 1.20 bits per heavy atom. The van der Waals surface area contributed by atoms with Crippen LogP contribution in [0.4, 0.5) is 9.59 Å². The number of rotatable bonds is 37. The number of carbonyl (C=O) groups is 12. The molecule has 512 valence electrons. The van der Waals surface area contributed by atoms with Crippen LogP contribution < -0.4 is 70.0 Å². The minimum absolute atomic E-state index is 0.00188. The third-order valence-corrected chi connectivity index (χ3v) is 13.7. The number of guanidine groups is 1. The van der Waals surface area contributed by atoms with Crippen LogP contribution in [0.25, 0.3) is 0 Å². The molecule has 1 aromatic carbocycles. The quantitative estimate of drug-likeness (QED) is 0.0175. The van der Waals surface area contributed by atoms with Crippen molar-refractivity contribution in [3.63, 3.8) is 0 Å². The molecule has 0 aliphatic carbocycles. The molecule has 34 heteroatoms. The topological polar surface area (TPSA) is 546 Å². The molecular formula is C58H91N15O19. The summed E-state index contributed by atoms with van der Waals surface area (Å²) in [5, 5.41) is 84.8. The van der Waals surface area contributed by atoms with Gasteiger partial charge in [-0.3, -0.25) is 53.5 Å². The third-order valence-electron chi connectivity index (χ3n) is 13.7. The van der Waals surface area contributed by atoms with Gasteiger partial charge in [0.05, 0.1) is 31.4 Å². The van der Waals surface area contributed by atoms with E-state index in [4.69, 9.17) is 26.4 Å². The number of nitrogens with zero attached hydrogens (tertiary/aromatic N) is 1. The van der Waals surface area contributed by atoms with E-state index >= 15 is 0 Å². The van der Waals surface area contributed by atoms with E-state index in [1.54, 1.807) is 84.1 Å². The lowest BCUT2D eigenvalue weighted by atomic mass is 9.95. The summed E-state index contributed by atoms with van der Waals surface area (Å²) in [7, 11) is 0. The molecule has 1 heterocycles. The number of pyridine rings is 1. The number of alkyl carbamates (subject to hydrolysis) is 2. The molecule has 34 nitrogen and oxygen atoms in total. The molecule has 11 amide bonds. The van der Waals surface area contributed by atoms with Crippen LogP contribution >= 0.6 is 0 Å². The van der Waals surface area contributed by atoms with Crippen molar-refractivity contribution in [1.82, 2.24) is 63.5 Å². The van der Waals surface area contributed by atoms with E-state index in [2.05, 4.69) is 52.8 Å². The van der Waals surface area contributed by atoms with Crippen molar-refractivity contribution in [2.75, 3.05) is 19.7 Å². The van der Waals surface area contributed by atoms with Gasteiger partial charge in [0, 0.05) is 18.9 Å². The Bertz CT molecular complexity index is 2830. The number of carbonyl (C=O) groups excluding carboxylic acids is 11. The maximum atomic E-state index is 14.8. The minimum atomic E-state index is -2.44. The molecule has 0 aliphatic rings. The first-order chi connectivity index (χ1) is 43.0. The first-order valence-electron chi connectivity index (χ1n) is 29.5. The standard InChI is InChI=1S/C58H91N15O19/c1-11-30(6)38(50(83)70-39(31(7)75)49(82)64-25-37(76)68-43(45(78)46(59)79)53(86)67-36(26-74)54(87)88)69-47(80)34(20-16-22-63-55(60)61)65-48(81)35(23-28(2)3)66-52(85)42(44(77)29(4)5)71-51(84)41(73-56(89)91-27-32-17-13-12-14-18-32)40(33-19-15-21-62-24-33)72-57(90)92-58(8,9)10/h12-15,17-19,21,24,28-31,34-36,38-45,74-75,77-78H,11,16,20,22-23,25-27H2,1-10H3,(H2,59,79)(H,64,82)(H,65,81)(H,66,85)(H,67,86)(H,68,76)(H,69,80)(H,70,83)(H,71,84)(H,72,90)(H,73,89)(H,87,88)(H4,60,61,63)/t30-,31-,34+,35-,36-,38-,39-,40+,41-,42?,43?,44+,45-/m0/s1. The summed E-state index contributed by atoms with van der Waals surface area (Å²) >= 11 is 0. The second kappa shape index (κ2) is 38.4. The van der Waals surface area contributed by atoms with E-state index in [1.165, 1.54) is 38.4 Å². The highest BCUT2D eigenvalue weighted by atomic mass is 16.6. The van der Waals surface area contributed by atoms with Crippen LogP contribution in [0.1, 0.15) is 112 Å². The van der Waals surface area contributed by atoms with Gasteiger partial charge in [-0.25, -0.2) is 14.4 Å². The Labute approximate surface area is 531 Å². The summed E-state index contributed by atoms with van der Waals surface area (Å²) in [6.45, 7) is 13.1. The van der Waals surface area contributed by atoms with Crippen molar-refractivity contribution in [2.24, 2.45) is 29.2 Å². The Balaban J connectivity index is 2.56. The van der Waals surface area contributed by atoms with Gasteiger partial charge in [0.15, 0.2) is 12.1 Å². The van der Waals surface area contributed by atoms with Gasteiger partial charge in [0.25, 0.3) is 0 Å². The Hall–Kier alpha value is -9.28. The second-order valence-electron chi connectivity index (χ2n) is 23.3. The number of hydrogen-bond acceptors (Lipinski definition) is 20. The molecule has 0 radical (unpaired) electrons. The molecule has 0 bridgehead atoms. The number of nitrogens with one attached hydrogen (secondary N) is 12. The van der Waals surface area contributed by atoms with Crippen molar-refractivity contribution in [3.05, 3.63) is 66.0 Å². The van der Waals surface area contributed by atoms with Gasteiger partial charge in [-0.1, -0.05) is 84.4 Å². The number of aliphatic hydroxyl groups is 4. The molecule has 13 atom stereocenters. The van der Waals surface area contributed by atoms with E-state index < -0.39 is 181 Å². The summed E-state index contributed by atoms with van der Waals surface area (Å²) in [5.41, 5.74) is 10.3. The van der Waals surface area contributed by atoms with E-state index in [0.717, 1.165) is 6.92 Å². The Kier molecular flexibility index (Phi) is 32.9. The molecule has 0 saturated carbocycles. The van der Waals surface area contributed by atoms with Crippen molar-refractivity contribution in [3.8, 4) is 0 Å². The molecular weight excluding hydrogens is 1210 g/mol. The van der Waals surface area contributed by atoms with Crippen LogP contribution in [-0.2, 0) is 64.0 Å². The summed E-state index contributed by atoms with van der Waals surface area (Å²) in [5.74, 6) is -14.8. The van der Waals surface area contributed by atoms with Crippen LogP contribution in [0.3, 0.4) is 0 Å². The van der Waals surface area contributed by atoms with E-state index in [0.29, 0.717) is 5.56 Å². The highest BCUT2D eigenvalue weighted by Crippen LogP contribution is 2.21. The van der Waals surface area contributed by atoms with Gasteiger partial charge in [-0.15, -0.1) is 0 Å². The van der Waals surface area contributed by atoms with Crippen molar-refractivity contribution in [2.45, 2.75) is 180 Å². The van der Waals surface area contributed by atoms with Crippen molar-refractivity contribution in [1.29, 1.82) is 5.41 Å². The Morgan fingerprint density at radius 3 is 1.73 bits per heavy atom. The number of amides is 11. The van der Waals surface area contributed by atoms with Crippen LogP contribution in [-0.4, -0.2) is 200 Å². The number of benzene rings is 1. The molecule has 1 aromatic heterocycles. The lowest BCUT2D eigenvalue weighted by Crippen LogP contribution is -2.63. The minimum Gasteiger partial charge on any atom is -0.480 e. The van der Waals surface area contributed by atoms with Crippen LogP contribution in [0.5, 0.6) is 0 Å².